The highest BCUT2D eigenvalue weighted by molar-refractivity contribution is 7.90. The molecule has 1 aromatic carbocycles. The highest BCUT2D eigenvalue weighted by Gasteiger charge is 2.24. The van der Waals surface area contributed by atoms with Gasteiger partial charge in [0.25, 0.3) is 5.91 Å². The fraction of sp³-hybridized carbons (Fsp3) is 0.474. The lowest BCUT2D eigenvalue weighted by Crippen LogP contribution is -2.35. The van der Waals surface area contributed by atoms with Crippen LogP contribution in [-0.4, -0.2) is 61.7 Å². The fourth-order valence-electron chi connectivity index (χ4n) is 3.35. The molecule has 0 radical (unpaired) electrons. The summed E-state index contributed by atoms with van der Waals surface area (Å²) in [6.07, 6.45) is 1.96. The molecule has 9 heteroatoms. The van der Waals surface area contributed by atoms with Crippen molar-refractivity contribution in [2.75, 3.05) is 32.4 Å². The van der Waals surface area contributed by atoms with Crippen molar-refractivity contribution in [3.63, 3.8) is 0 Å². The van der Waals surface area contributed by atoms with Crippen molar-refractivity contribution in [3.8, 4) is 0 Å². The molecule has 152 valence electrons. The summed E-state index contributed by atoms with van der Waals surface area (Å²) in [6.45, 7) is 7.39. The molecule has 1 aromatic heterocycles. The van der Waals surface area contributed by atoms with Crippen molar-refractivity contribution in [1.82, 2.24) is 15.0 Å². The number of amides is 1. The Balaban J connectivity index is 1.69. The first-order valence-corrected chi connectivity index (χ1v) is 11.4. The maximum Gasteiger partial charge on any atom is 0.255 e. The second-order valence-electron chi connectivity index (χ2n) is 7.14. The quantitative estimate of drug-likeness (QED) is 0.748. The molecule has 0 N–H and O–H groups in total. The van der Waals surface area contributed by atoms with Gasteiger partial charge in [0.05, 0.1) is 21.2 Å². The summed E-state index contributed by atoms with van der Waals surface area (Å²) in [6, 6.07) is 4.26. The van der Waals surface area contributed by atoms with E-state index < -0.39 is 9.84 Å². The first-order chi connectivity index (χ1) is 13.2. The van der Waals surface area contributed by atoms with E-state index in [-0.39, 0.29) is 15.8 Å². The Bertz CT molecular complexity index is 968. The number of carbonyl (C=O) groups is 1. The number of benzene rings is 1. The molecule has 1 saturated heterocycles. The van der Waals surface area contributed by atoms with Crippen LogP contribution in [0.25, 0.3) is 0 Å². The topological polar surface area (TPSA) is 83.7 Å². The maximum atomic E-state index is 12.9. The zero-order valence-electron chi connectivity index (χ0n) is 16.2. The highest BCUT2D eigenvalue weighted by atomic mass is 35.5. The molecule has 0 atom stereocenters. The summed E-state index contributed by atoms with van der Waals surface area (Å²) in [5.41, 5.74) is 2.32. The van der Waals surface area contributed by atoms with E-state index in [0.29, 0.717) is 18.7 Å². The first kappa shape index (κ1) is 20.8. The smallest absolute Gasteiger partial charge is 0.255 e. The summed E-state index contributed by atoms with van der Waals surface area (Å²) in [5, 5.41) is 4.16. The summed E-state index contributed by atoms with van der Waals surface area (Å²) in [4.78, 5) is 17.1. The average molecular weight is 426 g/mol. The van der Waals surface area contributed by atoms with Gasteiger partial charge in [0, 0.05) is 44.5 Å². The predicted octanol–water partition coefficient (Wildman–Crippen LogP) is 2.70. The minimum atomic E-state index is -3.37. The molecule has 2 aromatic rings. The predicted molar refractivity (Wildman–Crippen MR) is 106 cm³/mol. The number of carbonyl (C=O) groups excluding carboxylic acids is 1. The lowest BCUT2D eigenvalue weighted by Gasteiger charge is -2.22. The molecular formula is C19H24ClN3O4S. The highest BCUT2D eigenvalue weighted by Crippen LogP contribution is 2.23. The molecule has 0 spiro atoms. The van der Waals surface area contributed by atoms with Gasteiger partial charge < -0.3 is 9.42 Å². The molecule has 1 aliphatic heterocycles. The molecule has 2 heterocycles. The van der Waals surface area contributed by atoms with E-state index in [1.54, 1.807) is 4.90 Å². The van der Waals surface area contributed by atoms with Crippen LogP contribution in [0.5, 0.6) is 0 Å². The van der Waals surface area contributed by atoms with Gasteiger partial charge in [-0.1, -0.05) is 16.8 Å². The lowest BCUT2D eigenvalue weighted by atomic mass is 10.2. The number of rotatable bonds is 4. The van der Waals surface area contributed by atoms with Crippen LogP contribution in [0.4, 0.5) is 0 Å². The van der Waals surface area contributed by atoms with E-state index in [1.165, 1.54) is 18.2 Å². The number of sulfone groups is 1. The van der Waals surface area contributed by atoms with Crippen molar-refractivity contribution in [1.29, 1.82) is 0 Å². The van der Waals surface area contributed by atoms with Crippen molar-refractivity contribution < 1.29 is 17.7 Å². The van der Waals surface area contributed by atoms with Crippen LogP contribution in [0.15, 0.2) is 27.6 Å². The van der Waals surface area contributed by atoms with Crippen molar-refractivity contribution in [2.24, 2.45) is 0 Å². The zero-order chi connectivity index (χ0) is 20.5. The Labute approximate surface area is 170 Å². The number of hydrogen-bond acceptors (Lipinski definition) is 6. The zero-order valence-corrected chi connectivity index (χ0v) is 17.8. The van der Waals surface area contributed by atoms with Crippen molar-refractivity contribution in [3.05, 3.63) is 45.8 Å². The van der Waals surface area contributed by atoms with Gasteiger partial charge >= 0.3 is 0 Å². The molecule has 3 rings (SSSR count). The van der Waals surface area contributed by atoms with Crippen LogP contribution >= 0.6 is 11.6 Å². The Morgan fingerprint density at radius 1 is 1.21 bits per heavy atom. The molecular weight excluding hydrogens is 402 g/mol. The number of aryl methyl sites for hydroxylation is 2. The van der Waals surface area contributed by atoms with Crippen LogP contribution in [-0.2, 0) is 16.4 Å². The fourth-order valence-corrected chi connectivity index (χ4v) is 4.33. The Kier molecular flexibility index (Phi) is 6.12. The molecule has 1 amide bonds. The Morgan fingerprint density at radius 2 is 1.96 bits per heavy atom. The van der Waals surface area contributed by atoms with Crippen LogP contribution in [0.3, 0.4) is 0 Å². The summed E-state index contributed by atoms with van der Waals surface area (Å²) in [7, 11) is -3.37. The van der Waals surface area contributed by atoms with E-state index in [0.717, 1.165) is 49.3 Å². The number of aromatic nitrogens is 1. The normalized spacial score (nSPS) is 16.2. The van der Waals surface area contributed by atoms with E-state index in [4.69, 9.17) is 16.1 Å². The second-order valence-corrected chi connectivity index (χ2v) is 9.56. The van der Waals surface area contributed by atoms with Crippen LogP contribution in [0.1, 0.15) is 33.8 Å². The van der Waals surface area contributed by atoms with Gasteiger partial charge in [-0.3, -0.25) is 9.69 Å². The monoisotopic (exact) mass is 425 g/mol. The van der Waals surface area contributed by atoms with Gasteiger partial charge in [0.1, 0.15) is 5.76 Å². The third-order valence-corrected chi connectivity index (χ3v) is 6.46. The van der Waals surface area contributed by atoms with E-state index >= 15 is 0 Å². The molecule has 0 bridgehead atoms. The first-order valence-electron chi connectivity index (χ1n) is 9.10. The minimum absolute atomic E-state index is 0.107. The molecule has 0 saturated carbocycles. The number of halogens is 1. The van der Waals surface area contributed by atoms with Gasteiger partial charge in [-0.2, -0.15) is 0 Å². The van der Waals surface area contributed by atoms with Crippen molar-refractivity contribution in [2.45, 2.75) is 31.7 Å². The summed E-state index contributed by atoms with van der Waals surface area (Å²) < 4.78 is 28.5. The Hall–Kier alpha value is -1.90. The third-order valence-electron chi connectivity index (χ3n) is 5.04. The number of nitrogens with zero attached hydrogens (tertiary/aromatic N) is 3. The van der Waals surface area contributed by atoms with Gasteiger partial charge in [-0.15, -0.1) is 0 Å². The molecule has 7 nitrogen and oxygen atoms in total. The second kappa shape index (κ2) is 8.23. The van der Waals surface area contributed by atoms with Crippen LogP contribution in [0, 0.1) is 13.8 Å². The third kappa shape index (κ3) is 4.56. The largest absolute Gasteiger partial charge is 0.361 e. The van der Waals surface area contributed by atoms with E-state index in [9.17, 15) is 13.2 Å². The lowest BCUT2D eigenvalue weighted by molar-refractivity contribution is 0.0761. The average Bonchev–Trinajstić information content (AvgIpc) is 2.83. The minimum Gasteiger partial charge on any atom is -0.361 e. The molecule has 0 unspecified atom stereocenters. The molecule has 1 fully saturated rings. The standard InChI is InChI=1S/C19H24ClN3O4S/c1-13-17(14(2)27-21-13)12-22-7-4-8-23(10-9-22)19(24)16-6-5-15(11-18(16)20)28(3,25)26/h5-6,11H,4,7-10,12H2,1-3H3. The summed E-state index contributed by atoms with van der Waals surface area (Å²) >= 11 is 6.21. The van der Waals surface area contributed by atoms with E-state index in [1.807, 2.05) is 13.8 Å². The maximum absolute atomic E-state index is 12.9. The molecule has 28 heavy (non-hydrogen) atoms. The Morgan fingerprint density at radius 3 is 2.57 bits per heavy atom. The number of hydrogen-bond donors (Lipinski definition) is 0. The van der Waals surface area contributed by atoms with E-state index in [2.05, 4.69) is 10.1 Å². The van der Waals surface area contributed by atoms with Gasteiger partial charge in [0.2, 0.25) is 0 Å². The van der Waals surface area contributed by atoms with Crippen LogP contribution in [0.2, 0.25) is 5.02 Å². The van der Waals surface area contributed by atoms with Gasteiger partial charge in [-0.05, 0) is 38.5 Å². The van der Waals surface area contributed by atoms with Gasteiger partial charge in [0.15, 0.2) is 9.84 Å². The SMILES string of the molecule is Cc1noc(C)c1CN1CCCN(C(=O)c2ccc(S(C)(=O)=O)cc2Cl)CC1. The summed E-state index contributed by atoms with van der Waals surface area (Å²) in [5.74, 6) is 0.650. The van der Waals surface area contributed by atoms with Crippen molar-refractivity contribution >= 4 is 27.3 Å². The van der Waals surface area contributed by atoms with Gasteiger partial charge in [-0.25, -0.2) is 8.42 Å². The molecule has 0 aliphatic carbocycles. The van der Waals surface area contributed by atoms with Crippen LogP contribution < -0.4 is 0 Å². The molecule has 1 aliphatic rings.